The molecule has 0 amide bonds. The van der Waals surface area contributed by atoms with Gasteiger partial charge in [0.25, 0.3) is 0 Å². The predicted molar refractivity (Wildman–Crippen MR) is 80.4 cm³/mol. The van der Waals surface area contributed by atoms with Crippen LogP contribution in [0.1, 0.15) is 0 Å². The van der Waals surface area contributed by atoms with E-state index in [-0.39, 0.29) is 5.69 Å². The van der Waals surface area contributed by atoms with Crippen molar-refractivity contribution in [2.24, 2.45) is 0 Å². The van der Waals surface area contributed by atoms with Crippen LogP contribution in [0.25, 0.3) is 11.3 Å². The lowest BCUT2D eigenvalue weighted by atomic mass is 10.1. The first-order chi connectivity index (χ1) is 9.74. The van der Waals surface area contributed by atoms with Gasteiger partial charge < -0.3 is 15.2 Å². The maximum atomic E-state index is 11.6. The van der Waals surface area contributed by atoms with Gasteiger partial charge in [0, 0.05) is 36.8 Å². The van der Waals surface area contributed by atoms with E-state index in [0.717, 1.165) is 43.1 Å². The topological polar surface area (TPSA) is 61.0 Å². The number of hydrogen-bond acceptors (Lipinski definition) is 4. The molecule has 0 unspecified atom stereocenters. The normalized spacial score (nSPS) is 15.3. The van der Waals surface area contributed by atoms with E-state index in [1.54, 1.807) is 6.20 Å². The third-order valence-electron chi connectivity index (χ3n) is 3.36. The van der Waals surface area contributed by atoms with E-state index in [9.17, 15) is 4.79 Å². The molecule has 1 aliphatic heterocycles. The summed E-state index contributed by atoms with van der Waals surface area (Å²) in [6.07, 6.45) is 1.64. The first kappa shape index (κ1) is 13.1. The Balaban J connectivity index is 2.08. The fraction of sp³-hybridized carbons (Fsp3) is 0.286. The minimum atomic E-state index is -0.348. The van der Waals surface area contributed by atoms with Crippen LogP contribution in [-0.2, 0) is 0 Å². The zero-order valence-corrected chi connectivity index (χ0v) is 11.7. The molecular formula is C14H15ClN4O. The van der Waals surface area contributed by atoms with Gasteiger partial charge in [-0.2, -0.15) is 4.98 Å². The number of piperazine rings is 1. The van der Waals surface area contributed by atoms with Crippen molar-refractivity contribution in [3.63, 3.8) is 0 Å². The van der Waals surface area contributed by atoms with E-state index in [1.807, 2.05) is 24.3 Å². The minimum absolute atomic E-state index is 0.348. The summed E-state index contributed by atoms with van der Waals surface area (Å²) in [5.41, 5.74) is 2.26. The number of nitrogens with zero attached hydrogens (tertiary/aromatic N) is 2. The van der Waals surface area contributed by atoms with Crippen LogP contribution in [0.2, 0.25) is 5.02 Å². The Hall–Kier alpha value is -1.85. The van der Waals surface area contributed by atoms with Crippen LogP contribution in [0.15, 0.2) is 35.3 Å². The molecule has 2 heterocycles. The standard InChI is InChI=1S/C14H15ClN4O/c15-11-3-1-2-10(8-11)13-12(9-17-14(20)18-13)19-6-4-16-5-7-19/h1-3,8-9,16H,4-7H2,(H,17,18,20). The summed E-state index contributed by atoms with van der Waals surface area (Å²) in [5.74, 6) is 0. The molecule has 6 heteroatoms. The number of aromatic nitrogens is 2. The second kappa shape index (κ2) is 5.64. The number of nitrogens with one attached hydrogen (secondary N) is 2. The number of anilines is 1. The van der Waals surface area contributed by atoms with Gasteiger partial charge in [-0.25, -0.2) is 4.79 Å². The Kier molecular flexibility index (Phi) is 3.71. The Morgan fingerprint density at radius 2 is 2.05 bits per heavy atom. The number of aromatic amines is 1. The first-order valence-corrected chi connectivity index (χ1v) is 6.93. The van der Waals surface area contributed by atoms with Gasteiger partial charge in [0.2, 0.25) is 0 Å². The number of rotatable bonds is 2. The van der Waals surface area contributed by atoms with Crippen LogP contribution in [0, 0.1) is 0 Å². The van der Waals surface area contributed by atoms with E-state index in [1.165, 1.54) is 0 Å². The molecule has 0 radical (unpaired) electrons. The van der Waals surface area contributed by atoms with Crippen molar-refractivity contribution in [3.8, 4) is 11.3 Å². The van der Waals surface area contributed by atoms with Crippen LogP contribution >= 0.6 is 11.6 Å². The fourth-order valence-electron chi connectivity index (χ4n) is 2.40. The predicted octanol–water partition coefficient (Wildman–Crippen LogP) is 1.50. The zero-order valence-electron chi connectivity index (χ0n) is 10.9. The monoisotopic (exact) mass is 290 g/mol. The molecule has 2 aromatic rings. The van der Waals surface area contributed by atoms with Crippen molar-refractivity contribution in [1.29, 1.82) is 0 Å². The maximum absolute atomic E-state index is 11.6. The molecule has 5 nitrogen and oxygen atoms in total. The van der Waals surface area contributed by atoms with Crippen molar-refractivity contribution in [2.45, 2.75) is 0 Å². The Morgan fingerprint density at radius 1 is 1.25 bits per heavy atom. The largest absolute Gasteiger partial charge is 0.366 e. The Bertz CT molecular complexity index is 664. The summed E-state index contributed by atoms with van der Waals surface area (Å²) in [7, 11) is 0. The van der Waals surface area contributed by atoms with Gasteiger partial charge in [-0.1, -0.05) is 23.7 Å². The first-order valence-electron chi connectivity index (χ1n) is 6.55. The highest BCUT2D eigenvalue weighted by Crippen LogP contribution is 2.28. The highest BCUT2D eigenvalue weighted by atomic mass is 35.5. The number of halogens is 1. The Labute approximate surface area is 121 Å². The second-order valence-corrected chi connectivity index (χ2v) is 5.13. The molecule has 1 fully saturated rings. The summed E-state index contributed by atoms with van der Waals surface area (Å²) in [4.78, 5) is 20.5. The number of hydrogen-bond donors (Lipinski definition) is 2. The molecule has 0 aliphatic carbocycles. The highest BCUT2D eigenvalue weighted by Gasteiger charge is 2.16. The van der Waals surface area contributed by atoms with Gasteiger partial charge in [-0.05, 0) is 12.1 Å². The van der Waals surface area contributed by atoms with Crippen molar-refractivity contribution >= 4 is 17.3 Å². The van der Waals surface area contributed by atoms with Crippen LogP contribution < -0.4 is 15.9 Å². The average Bonchev–Trinajstić information content (AvgIpc) is 2.48. The van der Waals surface area contributed by atoms with Gasteiger partial charge in [-0.3, -0.25) is 0 Å². The number of H-pyrrole nitrogens is 1. The summed E-state index contributed by atoms with van der Waals surface area (Å²) in [6.45, 7) is 3.63. The SMILES string of the molecule is O=c1ncc(N2CCNCC2)c(-c2cccc(Cl)c2)[nH]1. The average molecular weight is 291 g/mol. The smallest absolute Gasteiger partial charge is 0.345 e. The third kappa shape index (κ3) is 2.69. The van der Waals surface area contributed by atoms with E-state index in [2.05, 4.69) is 20.2 Å². The molecule has 20 heavy (non-hydrogen) atoms. The lowest BCUT2D eigenvalue weighted by Crippen LogP contribution is -2.44. The van der Waals surface area contributed by atoms with E-state index >= 15 is 0 Å². The summed E-state index contributed by atoms with van der Waals surface area (Å²) >= 11 is 6.04. The van der Waals surface area contributed by atoms with Crippen molar-refractivity contribution in [1.82, 2.24) is 15.3 Å². The quantitative estimate of drug-likeness (QED) is 0.880. The summed E-state index contributed by atoms with van der Waals surface area (Å²) in [5, 5.41) is 3.95. The third-order valence-corrected chi connectivity index (χ3v) is 3.60. The number of benzene rings is 1. The van der Waals surface area contributed by atoms with Crippen molar-refractivity contribution in [3.05, 3.63) is 46.0 Å². The molecule has 104 valence electrons. The molecule has 1 aromatic carbocycles. The van der Waals surface area contributed by atoms with Crippen LogP contribution in [0.3, 0.4) is 0 Å². The lowest BCUT2D eigenvalue weighted by molar-refractivity contribution is 0.588. The van der Waals surface area contributed by atoms with E-state index < -0.39 is 0 Å². The van der Waals surface area contributed by atoms with E-state index in [4.69, 9.17) is 11.6 Å². The van der Waals surface area contributed by atoms with Gasteiger partial charge in [-0.15, -0.1) is 0 Å². The Morgan fingerprint density at radius 3 is 2.80 bits per heavy atom. The molecule has 1 saturated heterocycles. The summed E-state index contributed by atoms with van der Waals surface area (Å²) in [6, 6.07) is 7.47. The molecule has 0 saturated carbocycles. The van der Waals surface area contributed by atoms with Gasteiger partial charge in [0.15, 0.2) is 0 Å². The van der Waals surface area contributed by atoms with Gasteiger partial charge >= 0.3 is 5.69 Å². The fourth-order valence-corrected chi connectivity index (χ4v) is 2.59. The van der Waals surface area contributed by atoms with Crippen LogP contribution in [-0.4, -0.2) is 36.1 Å². The highest BCUT2D eigenvalue weighted by molar-refractivity contribution is 6.30. The minimum Gasteiger partial charge on any atom is -0.366 e. The maximum Gasteiger partial charge on any atom is 0.345 e. The van der Waals surface area contributed by atoms with Gasteiger partial charge in [0.05, 0.1) is 17.6 Å². The van der Waals surface area contributed by atoms with Crippen molar-refractivity contribution < 1.29 is 0 Å². The summed E-state index contributed by atoms with van der Waals surface area (Å²) < 4.78 is 0. The molecule has 1 aliphatic rings. The van der Waals surface area contributed by atoms with Gasteiger partial charge in [0.1, 0.15) is 0 Å². The van der Waals surface area contributed by atoms with Crippen LogP contribution in [0.4, 0.5) is 5.69 Å². The molecule has 0 atom stereocenters. The second-order valence-electron chi connectivity index (χ2n) is 4.70. The molecule has 0 bridgehead atoms. The van der Waals surface area contributed by atoms with E-state index in [0.29, 0.717) is 5.02 Å². The lowest BCUT2D eigenvalue weighted by Gasteiger charge is -2.30. The molecule has 2 N–H and O–H groups in total. The molecular weight excluding hydrogens is 276 g/mol. The molecule has 1 aromatic heterocycles. The molecule has 0 spiro atoms. The van der Waals surface area contributed by atoms with Crippen LogP contribution in [0.5, 0.6) is 0 Å². The van der Waals surface area contributed by atoms with Crippen molar-refractivity contribution in [2.75, 3.05) is 31.1 Å². The molecule has 3 rings (SSSR count). The zero-order chi connectivity index (χ0) is 13.9.